The van der Waals surface area contributed by atoms with Crippen LogP contribution < -0.4 is 0 Å². The summed E-state index contributed by atoms with van der Waals surface area (Å²) in [4.78, 5) is 15.9. The van der Waals surface area contributed by atoms with E-state index in [0.717, 1.165) is 35.6 Å². The molecule has 0 fully saturated rings. The van der Waals surface area contributed by atoms with Gasteiger partial charge >= 0.3 is 0 Å². The molecular formula is C15H21NO2. The molecule has 0 aliphatic carbocycles. The Labute approximate surface area is 109 Å². The first-order valence-electron chi connectivity index (χ1n) is 6.23. The summed E-state index contributed by atoms with van der Waals surface area (Å²) < 4.78 is 5.40. The first-order chi connectivity index (χ1) is 8.49. The highest BCUT2D eigenvalue weighted by atomic mass is 16.5. The van der Waals surface area contributed by atoms with E-state index in [0.29, 0.717) is 5.56 Å². The smallest absolute Gasteiger partial charge is 0.159 e. The van der Waals surface area contributed by atoms with E-state index in [1.807, 2.05) is 26.0 Å². The molecule has 0 bridgehead atoms. The maximum Gasteiger partial charge on any atom is 0.159 e. The molecule has 1 rings (SSSR count). The number of pyridine rings is 1. The lowest BCUT2D eigenvalue weighted by Crippen LogP contribution is -2.00. The predicted molar refractivity (Wildman–Crippen MR) is 73.5 cm³/mol. The minimum absolute atomic E-state index is 0.0593. The summed E-state index contributed by atoms with van der Waals surface area (Å²) in [6.45, 7) is 7.56. The topological polar surface area (TPSA) is 39.2 Å². The van der Waals surface area contributed by atoms with Gasteiger partial charge in [0.25, 0.3) is 0 Å². The fourth-order valence-electron chi connectivity index (χ4n) is 1.88. The van der Waals surface area contributed by atoms with Crippen LogP contribution >= 0.6 is 0 Å². The second-order valence-corrected chi connectivity index (χ2v) is 4.44. The highest BCUT2D eigenvalue weighted by molar-refractivity contribution is 5.94. The van der Waals surface area contributed by atoms with Crippen LogP contribution in [0.1, 0.15) is 55.4 Å². The number of carbonyl (C=O) groups is 1. The van der Waals surface area contributed by atoms with Crippen molar-refractivity contribution in [2.45, 2.75) is 40.5 Å². The van der Waals surface area contributed by atoms with Crippen LogP contribution in [-0.4, -0.2) is 17.9 Å². The van der Waals surface area contributed by atoms with E-state index in [2.05, 4.69) is 11.9 Å². The standard InChI is InChI=1S/C15H21NO2/c1-6-7-15(18-5)11(3)14-9-13(12(4)17)8-10(2)16-14/h8-9H,6-7H2,1-5H3/b15-11-. The number of methoxy groups -OCH3 is 1. The number of rotatable bonds is 5. The number of aryl methyl sites for hydroxylation is 1. The number of nitrogens with zero attached hydrogens (tertiary/aromatic N) is 1. The lowest BCUT2D eigenvalue weighted by Gasteiger charge is -2.11. The van der Waals surface area contributed by atoms with E-state index in [-0.39, 0.29) is 5.78 Å². The summed E-state index contributed by atoms with van der Waals surface area (Å²) >= 11 is 0. The Morgan fingerprint density at radius 2 is 2.00 bits per heavy atom. The SMILES string of the molecule is CCC/C(OC)=C(\C)c1cc(C(C)=O)cc(C)n1. The molecule has 98 valence electrons. The summed E-state index contributed by atoms with van der Waals surface area (Å²) in [7, 11) is 1.68. The van der Waals surface area contributed by atoms with Crippen LogP contribution in [-0.2, 0) is 4.74 Å². The van der Waals surface area contributed by atoms with Gasteiger partial charge in [-0.15, -0.1) is 0 Å². The Morgan fingerprint density at radius 3 is 2.50 bits per heavy atom. The van der Waals surface area contributed by atoms with Crippen molar-refractivity contribution in [3.8, 4) is 0 Å². The van der Waals surface area contributed by atoms with Crippen molar-refractivity contribution in [3.63, 3.8) is 0 Å². The van der Waals surface area contributed by atoms with Crippen molar-refractivity contribution in [1.82, 2.24) is 4.98 Å². The number of ether oxygens (including phenoxy) is 1. The van der Waals surface area contributed by atoms with Crippen LogP contribution in [0.5, 0.6) is 0 Å². The average molecular weight is 247 g/mol. The predicted octanol–water partition coefficient (Wildman–Crippen LogP) is 3.77. The monoisotopic (exact) mass is 247 g/mol. The molecule has 0 aliphatic rings. The summed E-state index contributed by atoms with van der Waals surface area (Å²) in [6.07, 6.45) is 1.90. The van der Waals surface area contributed by atoms with E-state index >= 15 is 0 Å². The van der Waals surface area contributed by atoms with Gasteiger partial charge in [-0.1, -0.05) is 6.92 Å². The van der Waals surface area contributed by atoms with Crippen LogP contribution in [0.25, 0.3) is 5.57 Å². The number of hydrogen-bond acceptors (Lipinski definition) is 3. The third-order valence-electron chi connectivity index (χ3n) is 2.89. The van der Waals surface area contributed by atoms with Crippen LogP contribution in [0.2, 0.25) is 0 Å². The zero-order chi connectivity index (χ0) is 13.7. The quantitative estimate of drug-likeness (QED) is 0.587. The zero-order valence-electron chi connectivity index (χ0n) is 11.8. The van der Waals surface area contributed by atoms with Crippen LogP contribution in [0.15, 0.2) is 17.9 Å². The van der Waals surface area contributed by atoms with Crippen LogP contribution in [0.3, 0.4) is 0 Å². The van der Waals surface area contributed by atoms with Gasteiger partial charge in [0.2, 0.25) is 0 Å². The molecule has 3 nitrogen and oxygen atoms in total. The second-order valence-electron chi connectivity index (χ2n) is 4.44. The average Bonchev–Trinajstić information content (AvgIpc) is 2.34. The maximum absolute atomic E-state index is 11.5. The molecule has 0 amide bonds. The summed E-state index contributed by atoms with van der Waals surface area (Å²) in [5, 5.41) is 0. The highest BCUT2D eigenvalue weighted by Crippen LogP contribution is 2.22. The van der Waals surface area contributed by atoms with Crippen molar-refractivity contribution < 1.29 is 9.53 Å². The normalized spacial score (nSPS) is 12.1. The Bertz CT molecular complexity index is 475. The van der Waals surface area contributed by atoms with E-state index < -0.39 is 0 Å². The van der Waals surface area contributed by atoms with E-state index in [9.17, 15) is 4.79 Å². The molecule has 0 aromatic carbocycles. The first-order valence-corrected chi connectivity index (χ1v) is 6.23. The number of carbonyl (C=O) groups excluding carboxylic acids is 1. The summed E-state index contributed by atoms with van der Waals surface area (Å²) in [6, 6.07) is 3.64. The fraction of sp³-hybridized carbons (Fsp3) is 0.467. The Hall–Kier alpha value is -1.64. The molecule has 1 heterocycles. The van der Waals surface area contributed by atoms with Crippen molar-refractivity contribution >= 4 is 11.4 Å². The number of Topliss-reactive ketones (excluding diaryl/α,β-unsaturated/α-hetero) is 1. The van der Waals surface area contributed by atoms with Crippen molar-refractivity contribution in [2.75, 3.05) is 7.11 Å². The number of aromatic nitrogens is 1. The van der Waals surface area contributed by atoms with Gasteiger partial charge in [-0.05, 0) is 39.3 Å². The molecule has 1 aromatic heterocycles. The number of ketones is 1. The lowest BCUT2D eigenvalue weighted by molar-refractivity contribution is 0.101. The molecule has 0 unspecified atom stereocenters. The Balaban J connectivity index is 3.27. The molecule has 0 N–H and O–H groups in total. The molecule has 0 atom stereocenters. The zero-order valence-corrected chi connectivity index (χ0v) is 11.8. The van der Waals surface area contributed by atoms with Gasteiger partial charge in [0.1, 0.15) is 5.76 Å². The van der Waals surface area contributed by atoms with Gasteiger partial charge in [-0.3, -0.25) is 9.78 Å². The second kappa shape index (κ2) is 6.34. The summed E-state index contributed by atoms with van der Waals surface area (Å²) in [5.74, 6) is 0.995. The Kier molecular flexibility index (Phi) is 5.08. The molecular weight excluding hydrogens is 226 g/mol. The number of allylic oxidation sites excluding steroid dienone is 2. The van der Waals surface area contributed by atoms with Gasteiger partial charge in [0.05, 0.1) is 12.8 Å². The van der Waals surface area contributed by atoms with Gasteiger partial charge in [0.15, 0.2) is 5.78 Å². The molecule has 3 heteroatoms. The van der Waals surface area contributed by atoms with E-state index in [1.54, 1.807) is 14.0 Å². The summed E-state index contributed by atoms with van der Waals surface area (Å²) in [5.41, 5.74) is 3.38. The van der Waals surface area contributed by atoms with Gasteiger partial charge < -0.3 is 4.74 Å². The molecule has 0 saturated heterocycles. The third kappa shape index (κ3) is 3.42. The minimum Gasteiger partial charge on any atom is -0.501 e. The van der Waals surface area contributed by atoms with Crippen molar-refractivity contribution in [3.05, 3.63) is 34.8 Å². The third-order valence-corrected chi connectivity index (χ3v) is 2.89. The molecule has 0 spiro atoms. The van der Waals surface area contributed by atoms with Crippen LogP contribution in [0, 0.1) is 6.92 Å². The highest BCUT2D eigenvalue weighted by Gasteiger charge is 2.09. The molecule has 18 heavy (non-hydrogen) atoms. The fourth-order valence-corrected chi connectivity index (χ4v) is 1.88. The van der Waals surface area contributed by atoms with Gasteiger partial charge in [-0.2, -0.15) is 0 Å². The molecule has 0 radical (unpaired) electrons. The largest absolute Gasteiger partial charge is 0.501 e. The minimum atomic E-state index is 0.0593. The first kappa shape index (κ1) is 14.4. The van der Waals surface area contributed by atoms with E-state index in [4.69, 9.17) is 4.74 Å². The molecule has 0 aliphatic heterocycles. The molecule has 1 aromatic rings. The van der Waals surface area contributed by atoms with Crippen molar-refractivity contribution in [1.29, 1.82) is 0 Å². The maximum atomic E-state index is 11.5. The van der Waals surface area contributed by atoms with Crippen molar-refractivity contribution in [2.24, 2.45) is 0 Å². The molecule has 0 saturated carbocycles. The van der Waals surface area contributed by atoms with Gasteiger partial charge in [-0.25, -0.2) is 0 Å². The van der Waals surface area contributed by atoms with Crippen LogP contribution in [0.4, 0.5) is 0 Å². The Morgan fingerprint density at radius 1 is 1.33 bits per heavy atom. The van der Waals surface area contributed by atoms with E-state index in [1.165, 1.54) is 0 Å². The number of hydrogen-bond donors (Lipinski definition) is 0. The lowest BCUT2D eigenvalue weighted by atomic mass is 10.0. The van der Waals surface area contributed by atoms with Gasteiger partial charge in [0, 0.05) is 23.3 Å².